The minimum atomic E-state index is -0.00944. The van der Waals surface area contributed by atoms with Crippen LogP contribution >= 0.6 is 0 Å². The molecule has 0 saturated carbocycles. The van der Waals surface area contributed by atoms with Crippen LogP contribution in [0.25, 0.3) is 0 Å². The SMILES string of the molecule is C/C=C/Cn1c(C)c(N)ccc1=O. The Morgan fingerprint density at radius 3 is 2.85 bits per heavy atom. The van der Waals surface area contributed by atoms with E-state index in [0.717, 1.165) is 5.69 Å². The Bertz CT molecular complexity index is 377. The topological polar surface area (TPSA) is 48.0 Å². The highest BCUT2D eigenvalue weighted by atomic mass is 16.1. The molecule has 0 radical (unpaired) electrons. The van der Waals surface area contributed by atoms with Gasteiger partial charge in [0.2, 0.25) is 0 Å². The molecule has 1 aromatic heterocycles. The Morgan fingerprint density at radius 2 is 2.23 bits per heavy atom. The predicted molar refractivity (Wildman–Crippen MR) is 54.7 cm³/mol. The number of anilines is 1. The van der Waals surface area contributed by atoms with Crippen LogP contribution in [0.2, 0.25) is 0 Å². The summed E-state index contributed by atoms with van der Waals surface area (Å²) in [5.41, 5.74) is 7.15. The average molecular weight is 178 g/mol. The number of hydrogen-bond acceptors (Lipinski definition) is 2. The van der Waals surface area contributed by atoms with Crippen molar-refractivity contribution in [2.75, 3.05) is 5.73 Å². The molecule has 0 aromatic carbocycles. The van der Waals surface area contributed by atoms with Crippen LogP contribution in [-0.4, -0.2) is 4.57 Å². The van der Waals surface area contributed by atoms with Crippen molar-refractivity contribution in [2.45, 2.75) is 20.4 Å². The zero-order chi connectivity index (χ0) is 9.84. The van der Waals surface area contributed by atoms with Crippen LogP contribution in [0.4, 0.5) is 5.69 Å². The van der Waals surface area contributed by atoms with Gasteiger partial charge in [0.05, 0.1) is 5.69 Å². The zero-order valence-corrected chi connectivity index (χ0v) is 7.95. The van der Waals surface area contributed by atoms with Gasteiger partial charge in [-0.05, 0) is 19.9 Å². The number of rotatable bonds is 2. The second-order valence-corrected chi connectivity index (χ2v) is 2.89. The first-order chi connectivity index (χ1) is 6.16. The summed E-state index contributed by atoms with van der Waals surface area (Å²) in [6.45, 7) is 4.36. The van der Waals surface area contributed by atoms with Crippen molar-refractivity contribution in [3.63, 3.8) is 0 Å². The van der Waals surface area contributed by atoms with Gasteiger partial charge in [-0.15, -0.1) is 0 Å². The van der Waals surface area contributed by atoms with Gasteiger partial charge in [0.25, 0.3) is 5.56 Å². The van der Waals surface area contributed by atoms with Gasteiger partial charge in [-0.25, -0.2) is 0 Å². The van der Waals surface area contributed by atoms with Gasteiger partial charge in [-0.3, -0.25) is 4.79 Å². The summed E-state index contributed by atoms with van der Waals surface area (Å²) in [4.78, 5) is 11.4. The van der Waals surface area contributed by atoms with Crippen LogP contribution in [0, 0.1) is 6.92 Å². The molecule has 0 amide bonds. The number of nitrogen functional groups attached to an aromatic ring is 1. The van der Waals surface area contributed by atoms with Crippen molar-refractivity contribution in [3.05, 3.63) is 40.3 Å². The number of nitrogens with two attached hydrogens (primary N) is 1. The fourth-order valence-electron chi connectivity index (χ4n) is 1.13. The summed E-state index contributed by atoms with van der Waals surface area (Å²) < 4.78 is 1.65. The first-order valence-electron chi connectivity index (χ1n) is 4.24. The Balaban J connectivity index is 3.18. The normalized spacial score (nSPS) is 10.9. The van der Waals surface area contributed by atoms with E-state index in [4.69, 9.17) is 5.73 Å². The van der Waals surface area contributed by atoms with Crippen LogP contribution in [0.5, 0.6) is 0 Å². The number of hydrogen-bond donors (Lipinski definition) is 1. The molecule has 0 unspecified atom stereocenters. The highest BCUT2D eigenvalue weighted by Crippen LogP contribution is 2.05. The molecule has 1 aromatic rings. The van der Waals surface area contributed by atoms with Crippen molar-refractivity contribution < 1.29 is 0 Å². The van der Waals surface area contributed by atoms with Crippen LogP contribution in [0.3, 0.4) is 0 Å². The summed E-state index contributed by atoms with van der Waals surface area (Å²) in [6.07, 6.45) is 3.84. The molecule has 3 heteroatoms. The van der Waals surface area contributed by atoms with E-state index in [9.17, 15) is 4.79 Å². The summed E-state index contributed by atoms with van der Waals surface area (Å²) >= 11 is 0. The molecule has 0 aliphatic carbocycles. The lowest BCUT2D eigenvalue weighted by Crippen LogP contribution is -2.21. The second kappa shape index (κ2) is 3.94. The van der Waals surface area contributed by atoms with Gasteiger partial charge in [-0.2, -0.15) is 0 Å². The third-order valence-corrected chi connectivity index (χ3v) is 2.02. The second-order valence-electron chi connectivity index (χ2n) is 2.89. The molecule has 0 aliphatic heterocycles. The lowest BCUT2D eigenvalue weighted by Gasteiger charge is -2.08. The van der Waals surface area contributed by atoms with Gasteiger partial charge >= 0.3 is 0 Å². The molecule has 0 bridgehead atoms. The highest BCUT2D eigenvalue weighted by Gasteiger charge is 2.00. The smallest absolute Gasteiger partial charge is 0.251 e. The minimum absolute atomic E-state index is 0.00944. The molecule has 3 nitrogen and oxygen atoms in total. The Hall–Kier alpha value is -1.51. The summed E-state index contributed by atoms with van der Waals surface area (Å²) in [5, 5.41) is 0. The lowest BCUT2D eigenvalue weighted by molar-refractivity contribution is 0.749. The first kappa shape index (κ1) is 9.58. The maximum absolute atomic E-state index is 11.4. The number of pyridine rings is 1. The molecule has 1 heterocycles. The minimum Gasteiger partial charge on any atom is -0.397 e. The number of nitrogens with zero attached hydrogens (tertiary/aromatic N) is 1. The fourth-order valence-corrected chi connectivity index (χ4v) is 1.13. The van der Waals surface area contributed by atoms with Crippen LogP contribution in [0.15, 0.2) is 29.1 Å². The van der Waals surface area contributed by atoms with Crippen molar-refractivity contribution in [1.82, 2.24) is 4.57 Å². The Morgan fingerprint density at radius 1 is 1.54 bits per heavy atom. The van der Waals surface area contributed by atoms with Crippen molar-refractivity contribution >= 4 is 5.69 Å². The summed E-state index contributed by atoms with van der Waals surface area (Å²) in [7, 11) is 0. The van der Waals surface area contributed by atoms with E-state index in [1.807, 2.05) is 26.0 Å². The maximum atomic E-state index is 11.4. The van der Waals surface area contributed by atoms with E-state index in [-0.39, 0.29) is 5.56 Å². The van der Waals surface area contributed by atoms with E-state index < -0.39 is 0 Å². The quantitative estimate of drug-likeness (QED) is 0.694. The molecule has 0 fully saturated rings. The van der Waals surface area contributed by atoms with E-state index in [1.165, 1.54) is 6.07 Å². The van der Waals surface area contributed by atoms with Crippen molar-refractivity contribution in [1.29, 1.82) is 0 Å². The molecular weight excluding hydrogens is 164 g/mol. The summed E-state index contributed by atoms with van der Waals surface area (Å²) in [6, 6.07) is 3.13. The first-order valence-corrected chi connectivity index (χ1v) is 4.24. The van der Waals surface area contributed by atoms with E-state index in [1.54, 1.807) is 10.6 Å². The van der Waals surface area contributed by atoms with Gasteiger partial charge in [0.1, 0.15) is 0 Å². The number of aromatic nitrogens is 1. The maximum Gasteiger partial charge on any atom is 0.251 e. The van der Waals surface area contributed by atoms with Gasteiger partial charge < -0.3 is 10.3 Å². The molecule has 1 rings (SSSR count). The van der Waals surface area contributed by atoms with E-state index in [0.29, 0.717) is 12.2 Å². The van der Waals surface area contributed by atoms with Crippen LogP contribution in [0.1, 0.15) is 12.6 Å². The standard InChI is InChI=1S/C10H14N2O/c1-3-4-7-12-8(2)9(11)5-6-10(12)13/h3-6H,7,11H2,1-2H3/b4-3+. The van der Waals surface area contributed by atoms with Gasteiger partial charge in [-0.1, -0.05) is 12.2 Å². The zero-order valence-electron chi connectivity index (χ0n) is 7.95. The van der Waals surface area contributed by atoms with Gasteiger partial charge in [0, 0.05) is 18.3 Å². The molecule has 2 N–H and O–H groups in total. The average Bonchev–Trinajstić information content (AvgIpc) is 2.12. The Labute approximate surface area is 77.5 Å². The van der Waals surface area contributed by atoms with Crippen LogP contribution in [-0.2, 0) is 6.54 Å². The molecular formula is C10H14N2O. The number of allylic oxidation sites excluding steroid dienone is 2. The fraction of sp³-hybridized carbons (Fsp3) is 0.300. The predicted octanol–water partition coefficient (Wildman–Crippen LogP) is 1.32. The van der Waals surface area contributed by atoms with Crippen molar-refractivity contribution in [3.8, 4) is 0 Å². The van der Waals surface area contributed by atoms with Crippen LogP contribution < -0.4 is 11.3 Å². The summed E-state index contributed by atoms with van der Waals surface area (Å²) in [5.74, 6) is 0. The highest BCUT2D eigenvalue weighted by molar-refractivity contribution is 5.41. The monoisotopic (exact) mass is 178 g/mol. The Kier molecular flexibility index (Phi) is 2.90. The lowest BCUT2D eigenvalue weighted by atomic mass is 10.3. The molecule has 0 aliphatic rings. The van der Waals surface area contributed by atoms with Gasteiger partial charge in [0.15, 0.2) is 0 Å². The third kappa shape index (κ3) is 1.99. The van der Waals surface area contributed by atoms with Crippen molar-refractivity contribution in [2.24, 2.45) is 0 Å². The molecule has 0 spiro atoms. The molecule has 0 atom stereocenters. The molecule has 70 valence electrons. The molecule has 13 heavy (non-hydrogen) atoms. The molecule has 0 saturated heterocycles. The third-order valence-electron chi connectivity index (χ3n) is 2.02. The largest absolute Gasteiger partial charge is 0.397 e. The van der Waals surface area contributed by atoms with E-state index >= 15 is 0 Å². The van der Waals surface area contributed by atoms with E-state index in [2.05, 4.69) is 0 Å².